The number of methoxy groups -OCH3 is 2. The molecule has 2 aromatic carbocycles. The van der Waals surface area contributed by atoms with E-state index in [1.54, 1.807) is 14.2 Å². The standard InChI is InChI=1S/C17H20O2/c1-11-9-13-7-5-6-8-14(13)10-15(11)16-12(2)17(16,18-3)19-4/h5-10,12,16H,1-4H3. The zero-order valence-corrected chi connectivity index (χ0v) is 11.9. The van der Waals surface area contributed by atoms with Gasteiger partial charge >= 0.3 is 0 Å². The lowest BCUT2D eigenvalue weighted by molar-refractivity contribution is -0.142. The average Bonchev–Trinajstić information content (AvgIpc) is 3.03. The Labute approximate surface area is 114 Å². The maximum Gasteiger partial charge on any atom is 0.178 e. The van der Waals surface area contributed by atoms with E-state index in [2.05, 4.69) is 50.2 Å². The van der Waals surface area contributed by atoms with Crippen molar-refractivity contribution < 1.29 is 9.47 Å². The first-order valence-electron chi connectivity index (χ1n) is 6.73. The fourth-order valence-corrected chi connectivity index (χ4v) is 3.40. The largest absolute Gasteiger partial charge is 0.352 e. The lowest BCUT2D eigenvalue weighted by Crippen LogP contribution is -2.18. The number of ether oxygens (including phenoxy) is 2. The summed E-state index contributed by atoms with van der Waals surface area (Å²) in [6.45, 7) is 4.36. The molecular weight excluding hydrogens is 236 g/mol. The quantitative estimate of drug-likeness (QED) is 0.776. The van der Waals surface area contributed by atoms with Crippen molar-refractivity contribution in [1.82, 2.24) is 0 Å². The molecule has 0 spiro atoms. The Kier molecular flexibility index (Phi) is 2.88. The lowest BCUT2D eigenvalue weighted by atomic mass is 9.98. The Bertz CT molecular complexity index is 614. The van der Waals surface area contributed by atoms with Gasteiger partial charge in [-0.1, -0.05) is 43.3 Å². The maximum atomic E-state index is 5.62. The summed E-state index contributed by atoms with van der Waals surface area (Å²) in [6.07, 6.45) is 0. The zero-order chi connectivity index (χ0) is 13.6. The van der Waals surface area contributed by atoms with Crippen LogP contribution in [0.3, 0.4) is 0 Å². The molecule has 0 aliphatic heterocycles. The summed E-state index contributed by atoms with van der Waals surface area (Å²) < 4.78 is 11.2. The molecule has 2 heteroatoms. The molecule has 2 unspecified atom stereocenters. The molecule has 0 amide bonds. The molecule has 0 saturated heterocycles. The van der Waals surface area contributed by atoms with E-state index in [-0.39, 0.29) is 0 Å². The predicted molar refractivity (Wildman–Crippen MR) is 77.3 cm³/mol. The molecule has 2 nitrogen and oxygen atoms in total. The minimum Gasteiger partial charge on any atom is -0.352 e. The molecule has 2 aromatic rings. The van der Waals surface area contributed by atoms with Crippen molar-refractivity contribution in [3.05, 3.63) is 47.5 Å². The predicted octanol–water partition coefficient (Wildman–Crippen LogP) is 3.87. The minimum atomic E-state index is -0.437. The number of hydrogen-bond acceptors (Lipinski definition) is 2. The van der Waals surface area contributed by atoms with E-state index in [1.807, 2.05) is 0 Å². The molecule has 0 N–H and O–H groups in total. The first-order chi connectivity index (χ1) is 9.14. The SMILES string of the molecule is COC1(OC)C(C)C1c1cc2ccccc2cc1C. The van der Waals surface area contributed by atoms with Crippen LogP contribution in [0.1, 0.15) is 24.0 Å². The maximum absolute atomic E-state index is 5.62. The van der Waals surface area contributed by atoms with Crippen molar-refractivity contribution in [2.45, 2.75) is 25.6 Å². The topological polar surface area (TPSA) is 18.5 Å². The third kappa shape index (κ3) is 1.71. The van der Waals surface area contributed by atoms with E-state index in [4.69, 9.17) is 9.47 Å². The van der Waals surface area contributed by atoms with E-state index >= 15 is 0 Å². The first-order valence-corrected chi connectivity index (χ1v) is 6.73. The van der Waals surface area contributed by atoms with E-state index < -0.39 is 5.79 Å². The van der Waals surface area contributed by atoms with Crippen LogP contribution in [0.15, 0.2) is 36.4 Å². The summed E-state index contributed by atoms with van der Waals surface area (Å²) in [5.41, 5.74) is 2.65. The fourth-order valence-electron chi connectivity index (χ4n) is 3.40. The van der Waals surface area contributed by atoms with Crippen LogP contribution in [0.4, 0.5) is 0 Å². The van der Waals surface area contributed by atoms with E-state index in [0.717, 1.165) is 0 Å². The highest BCUT2D eigenvalue weighted by Gasteiger charge is 2.65. The van der Waals surface area contributed by atoms with Gasteiger partial charge in [0.15, 0.2) is 5.79 Å². The van der Waals surface area contributed by atoms with E-state index in [1.165, 1.54) is 21.9 Å². The molecule has 1 fully saturated rings. The summed E-state index contributed by atoms with van der Waals surface area (Å²) in [4.78, 5) is 0. The third-order valence-corrected chi connectivity index (χ3v) is 4.57. The van der Waals surface area contributed by atoms with Gasteiger partial charge in [0.05, 0.1) is 0 Å². The summed E-state index contributed by atoms with van der Waals surface area (Å²) in [6, 6.07) is 13.0. The first kappa shape index (κ1) is 12.6. The van der Waals surface area contributed by atoms with Crippen LogP contribution in [-0.2, 0) is 9.47 Å². The average molecular weight is 256 g/mol. The molecule has 0 radical (unpaired) electrons. The van der Waals surface area contributed by atoms with Crippen molar-refractivity contribution in [2.75, 3.05) is 14.2 Å². The molecule has 3 rings (SSSR count). The summed E-state index contributed by atoms with van der Waals surface area (Å²) >= 11 is 0. The molecule has 1 aliphatic rings. The van der Waals surface area contributed by atoms with Crippen molar-refractivity contribution in [2.24, 2.45) is 5.92 Å². The molecule has 2 atom stereocenters. The summed E-state index contributed by atoms with van der Waals surface area (Å²) in [5.74, 6) is 0.280. The Balaban J connectivity index is 2.09. The molecule has 1 aliphatic carbocycles. The van der Waals surface area contributed by atoms with Gasteiger partial charge in [0.1, 0.15) is 0 Å². The molecule has 1 saturated carbocycles. The van der Waals surface area contributed by atoms with Gasteiger partial charge in [-0.15, -0.1) is 0 Å². The third-order valence-electron chi connectivity index (χ3n) is 4.57. The van der Waals surface area contributed by atoms with Crippen LogP contribution >= 0.6 is 0 Å². The van der Waals surface area contributed by atoms with Crippen molar-refractivity contribution in [3.8, 4) is 0 Å². The van der Waals surface area contributed by atoms with Gasteiger partial charge in [-0.2, -0.15) is 0 Å². The van der Waals surface area contributed by atoms with Crippen LogP contribution in [0.25, 0.3) is 10.8 Å². The fraction of sp³-hybridized carbons (Fsp3) is 0.412. The smallest absolute Gasteiger partial charge is 0.178 e. The highest BCUT2D eigenvalue weighted by Crippen LogP contribution is 2.60. The molecule has 100 valence electrons. The monoisotopic (exact) mass is 256 g/mol. The highest BCUT2D eigenvalue weighted by atomic mass is 16.7. The van der Waals surface area contributed by atoms with Crippen molar-refractivity contribution in [1.29, 1.82) is 0 Å². The van der Waals surface area contributed by atoms with E-state index in [9.17, 15) is 0 Å². The number of hydrogen-bond donors (Lipinski definition) is 0. The number of aryl methyl sites for hydroxylation is 1. The second-order valence-corrected chi connectivity index (χ2v) is 5.45. The minimum absolute atomic E-state index is 0.326. The van der Waals surface area contributed by atoms with Crippen LogP contribution < -0.4 is 0 Å². The molecule has 0 bridgehead atoms. The highest BCUT2D eigenvalue weighted by molar-refractivity contribution is 5.84. The van der Waals surface area contributed by atoms with Crippen LogP contribution in [-0.4, -0.2) is 20.0 Å². The summed E-state index contributed by atoms with van der Waals surface area (Å²) in [7, 11) is 3.47. The molecule has 19 heavy (non-hydrogen) atoms. The Hall–Kier alpha value is -1.38. The number of benzene rings is 2. The molecule has 0 aromatic heterocycles. The molecule has 0 heterocycles. The second kappa shape index (κ2) is 4.32. The lowest BCUT2D eigenvalue weighted by Gasteiger charge is -2.15. The summed E-state index contributed by atoms with van der Waals surface area (Å²) in [5, 5.41) is 2.57. The Morgan fingerprint density at radius 3 is 2.11 bits per heavy atom. The molecular formula is C17H20O2. The van der Waals surface area contributed by atoms with Crippen LogP contribution in [0.2, 0.25) is 0 Å². The van der Waals surface area contributed by atoms with E-state index in [0.29, 0.717) is 11.8 Å². The normalized spacial score (nSPS) is 24.6. The van der Waals surface area contributed by atoms with Gasteiger partial charge in [0.2, 0.25) is 0 Å². The zero-order valence-electron chi connectivity index (χ0n) is 11.9. The van der Waals surface area contributed by atoms with Gasteiger partial charge in [-0.3, -0.25) is 0 Å². The Morgan fingerprint density at radius 1 is 1.00 bits per heavy atom. The van der Waals surface area contributed by atoms with Crippen molar-refractivity contribution in [3.63, 3.8) is 0 Å². The Morgan fingerprint density at radius 2 is 1.58 bits per heavy atom. The van der Waals surface area contributed by atoms with Gasteiger partial charge < -0.3 is 9.47 Å². The second-order valence-electron chi connectivity index (χ2n) is 5.45. The van der Waals surface area contributed by atoms with Crippen LogP contribution in [0.5, 0.6) is 0 Å². The van der Waals surface area contributed by atoms with Gasteiger partial charge in [-0.25, -0.2) is 0 Å². The van der Waals surface area contributed by atoms with Gasteiger partial charge in [0.25, 0.3) is 0 Å². The van der Waals surface area contributed by atoms with Gasteiger partial charge in [0, 0.05) is 26.1 Å². The van der Waals surface area contributed by atoms with Gasteiger partial charge in [-0.05, 0) is 28.8 Å². The number of rotatable bonds is 3. The van der Waals surface area contributed by atoms with Crippen LogP contribution in [0, 0.1) is 12.8 Å². The van der Waals surface area contributed by atoms with Crippen molar-refractivity contribution >= 4 is 10.8 Å². The number of fused-ring (bicyclic) bond motifs is 1.